The molecule has 0 radical (unpaired) electrons. The summed E-state index contributed by atoms with van der Waals surface area (Å²) in [5.41, 5.74) is 0.754. The molecule has 4 nitrogen and oxygen atoms in total. The van der Waals surface area contributed by atoms with Gasteiger partial charge in [-0.2, -0.15) is 0 Å². The molecule has 1 unspecified atom stereocenters. The molecule has 0 bridgehead atoms. The Morgan fingerprint density at radius 1 is 1.14 bits per heavy atom. The van der Waals surface area contributed by atoms with E-state index in [-0.39, 0.29) is 10.8 Å². The summed E-state index contributed by atoms with van der Waals surface area (Å²) in [7, 11) is -3.54. The summed E-state index contributed by atoms with van der Waals surface area (Å²) in [6, 6.07) is 11.0. The van der Waals surface area contributed by atoms with Crippen LogP contribution < -0.4 is 4.72 Å². The zero-order valence-corrected chi connectivity index (χ0v) is 13.3. The number of rotatable bonds is 5. The van der Waals surface area contributed by atoms with Crippen LogP contribution in [-0.4, -0.2) is 20.1 Å². The summed E-state index contributed by atoms with van der Waals surface area (Å²) >= 11 is 2.69. The average molecular weight is 339 g/mol. The van der Waals surface area contributed by atoms with E-state index < -0.39 is 16.1 Å². The molecule has 3 aromatic rings. The SMILES string of the molecule is O=S(=O)(NCC(O)c1csc2ccccc12)c1cccs1. The number of aliphatic hydroxyl groups excluding tert-OH is 1. The van der Waals surface area contributed by atoms with Gasteiger partial charge in [0.15, 0.2) is 0 Å². The highest BCUT2D eigenvalue weighted by Crippen LogP contribution is 2.30. The predicted molar refractivity (Wildman–Crippen MR) is 86.3 cm³/mol. The Kier molecular flexibility index (Phi) is 4.10. The first kappa shape index (κ1) is 14.7. The van der Waals surface area contributed by atoms with Crippen LogP contribution in [0.5, 0.6) is 0 Å². The van der Waals surface area contributed by atoms with Gasteiger partial charge in [0.25, 0.3) is 0 Å². The molecule has 2 heterocycles. The lowest BCUT2D eigenvalue weighted by Gasteiger charge is -2.11. The van der Waals surface area contributed by atoms with Crippen molar-refractivity contribution in [3.63, 3.8) is 0 Å². The second-order valence-electron chi connectivity index (χ2n) is 4.49. The van der Waals surface area contributed by atoms with Gasteiger partial charge in [-0.1, -0.05) is 24.3 Å². The Hall–Kier alpha value is -1.25. The molecule has 1 atom stereocenters. The summed E-state index contributed by atoms with van der Waals surface area (Å²) in [5, 5.41) is 14.8. The highest BCUT2D eigenvalue weighted by molar-refractivity contribution is 7.91. The van der Waals surface area contributed by atoms with Crippen LogP contribution in [0.1, 0.15) is 11.7 Å². The third kappa shape index (κ3) is 3.02. The molecule has 0 saturated carbocycles. The van der Waals surface area contributed by atoms with Crippen molar-refractivity contribution < 1.29 is 13.5 Å². The zero-order valence-electron chi connectivity index (χ0n) is 10.9. The van der Waals surface area contributed by atoms with E-state index in [1.54, 1.807) is 17.5 Å². The Bertz CT molecular complexity index is 837. The fourth-order valence-corrected chi connectivity index (χ4v) is 5.13. The molecule has 7 heteroatoms. The van der Waals surface area contributed by atoms with E-state index in [1.165, 1.54) is 11.3 Å². The summed E-state index contributed by atoms with van der Waals surface area (Å²) < 4.78 is 27.8. The second kappa shape index (κ2) is 5.86. The molecule has 0 aliphatic carbocycles. The van der Waals surface area contributed by atoms with Gasteiger partial charge in [-0.05, 0) is 28.3 Å². The molecular weight excluding hydrogens is 326 g/mol. The van der Waals surface area contributed by atoms with Crippen LogP contribution in [0.25, 0.3) is 10.1 Å². The van der Waals surface area contributed by atoms with Gasteiger partial charge >= 0.3 is 0 Å². The number of fused-ring (bicyclic) bond motifs is 1. The third-order valence-electron chi connectivity index (χ3n) is 3.10. The van der Waals surface area contributed by atoms with Crippen LogP contribution in [-0.2, 0) is 10.0 Å². The largest absolute Gasteiger partial charge is 0.387 e. The number of hydrogen-bond acceptors (Lipinski definition) is 5. The molecule has 0 saturated heterocycles. The summed E-state index contributed by atoms with van der Waals surface area (Å²) in [6.45, 7) is -0.0407. The number of thiophene rings is 2. The molecule has 3 rings (SSSR count). The minimum Gasteiger partial charge on any atom is -0.387 e. The molecule has 21 heavy (non-hydrogen) atoms. The standard InChI is InChI=1S/C14H13NO3S3/c16-12(8-15-21(17,18)14-6-3-7-19-14)11-9-20-13-5-2-1-4-10(11)13/h1-7,9,12,15-16H,8H2. The van der Waals surface area contributed by atoms with Crippen molar-refractivity contribution in [2.75, 3.05) is 6.54 Å². The van der Waals surface area contributed by atoms with E-state index in [4.69, 9.17) is 0 Å². The van der Waals surface area contributed by atoms with Crippen LogP contribution in [0.4, 0.5) is 0 Å². The van der Waals surface area contributed by atoms with Gasteiger partial charge in [-0.3, -0.25) is 0 Å². The van der Waals surface area contributed by atoms with E-state index in [2.05, 4.69) is 4.72 Å². The number of nitrogens with one attached hydrogen (secondary N) is 1. The van der Waals surface area contributed by atoms with Crippen molar-refractivity contribution in [1.82, 2.24) is 4.72 Å². The van der Waals surface area contributed by atoms with E-state index in [9.17, 15) is 13.5 Å². The van der Waals surface area contributed by atoms with Crippen molar-refractivity contribution in [2.45, 2.75) is 10.3 Å². The van der Waals surface area contributed by atoms with Crippen LogP contribution in [0.15, 0.2) is 51.4 Å². The van der Waals surface area contributed by atoms with Crippen molar-refractivity contribution in [3.05, 3.63) is 52.7 Å². The first-order chi connectivity index (χ1) is 10.1. The van der Waals surface area contributed by atoms with Gasteiger partial charge in [0.1, 0.15) is 4.21 Å². The minimum absolute atomic E-state index is 0.0407. The van der Waals surface area contributed by atoms with E-state index in [1.807, 2.05) is 29.6 Å². The first-order valence-corrected chi connectivity index (χ1v) is 9.49. The highest BCUT2D eigenvalue weighted by Gasteiger charge is 2.19. The van der Waals surface area contributed by atoms with Crippen molar-refractivity contribution >= 4 is 42.8 Å². The molecule has 110 valence electrons. The maximum absolute atomic E-state index is 12.0. The van der Waals surface area contributed by atoms with Gasteiger partial charge < -0.3 is 5.11 Å². The molecule has 2 N–H and O–H groups in total. The van der Waals surface area contributed by atoms with Gasteiger partial charge in [0.05, 0.1) is 6.10 Å². The van der Waals surface area contributed by atoms with E-state index in [0.29, 0.717) is 0 Å². The van der Waals surface area contributed by atoms with Crippen molar-refractivity contribution in [2.24, 2.45) is 0 Å². The lowest BCUT2D eigenvalue weighted by Crippen LogP contribution is -2.27. The van der Waals surface area contributed by atoms with Crippen molar-refractivity contribution in [3.8, 4) is 0 Å². The van der Waals surface area contributed by atoms with Crippen LogP contribution >= 0.6 is 22.7 Å². The van der Waals surface area contributed by atoms with Crippen LogP contribution in [0.3, 0.4) is 0 Å². The third-order valence-corrected chi connectivity index (χ3v) is 6.90. The molecule has 0 fully saturated rings. The summed E-state index contributed by atoms with van der Waals surface area (Å²) in [5.74, 6) is 0. The lowest BCUT2D eigenvalue weighted by atomic mass is 10.1. The summed E-state index contributed by atoms with van der Waals surface area (Å²) in [4.78, 5) is 0. The van der Waals surface area contributed by atoms with Gasteiger partial charge in [-0.15, -0.1) is 22.7 Å². The Labute approximate surface area is 130 Å². The Balaban J connectivity index is 1.77. The Morgan fingerprint density at radius 3 is 2.71 bits per heavy atom. The molecule has 2 aromatic heterocycles. The van der Waals surface area contributed by atoms with E-state index >= 15 is 0 Å². The zero-order chi connectivity index (χ0) is 14.9. The fourth-order valence-electron chi connectivity index (χ4n) is 2.04. The highest BCUT2D eigenvalue weighted by atomic mass is 32.2. The molecule has 0 aliphatic rings. The normalized spacial score (nSPS) is 13.6. The molecular formula is C14H13NO3S3. The lowest BCUT2D eigenvalue weighted by molar-refractivity contribution is 0.184. The molecule has 0 amide bonds. The quantitative estimate of drug-likeness (QED) is 0.751. The molecule has 1 aromatic carbocycles. The van der Waals surface area contributed by atoms with Gasteiger partial charge in [0.2, 0.25) is 10.0 Å². The fraction of sp³-hybridized carbons (Fsp3) is 0.143. The number of sulfonamides is 1. The van der Waals surface area contributed by atoms with Crippen LogP contribution in [0.2, 0.25) is 0 Å². The average Bonchev–Trinajstić information content (AvgIpc) is 3.14. The Morgan fingerprint density at radius 2 is 1.95 bits per heavy atom. The maximum atomic E-state index is 12.0. The topological polar surface area (TPSA) is 66.4 Å². The maximum Gasteiger partial charge on any atom is 0.250 e. The minimum atomic E-state index is -3.54. The molecule has 0 aliphatic heterocycles. The van der Waals surface area contributed by atoms with Crippen molar-refractivity contribution in [1.29, 1.82) is 0 Å². The van der Waals surface area contributed by atoms with E-state index in [0.717, 1.165) is 27.0 Å². The number of hydrogen-bond donors (Lipinski definition) is 2. The monoisotopic (exact) mass is 339 g/mol. The summed E-state index contributed by atoms with van der Waals surface area (Å²) in [6.07, 6.45) is -0.865. The number of benzene rings is 1. The number of aliphatic hydroxyl groups is 1. The van der Waals surface area contributed by atoms with Gasteiger partial charge in [-0.25, -0.2) is 13.1 Å². The second-order valence-corrected chi connectivity index (χ2v) is 8.34. The first-order valence-electron chi connectivity index (χ1n) is 6.25. The molecule has 0 spiro atoms. The predicted octanol–water partition coefficient (Wildman–Crippen LogP) is 2.97. The van der Waals surface area contributed by atoms with Crippen LogP contribution in [0, 0.1) is 0 Å². The van der Waals surface area contributed by atoms with Gasteiger partial charge in [0, 0.05) is 16.8 Å². The smallest absolute Gasteiger partial charge is 0.250 e.